The average molecular weight is 526 g/mol. The maximum absolute atomic E-state index is 13.4. The molecule has 1 unspecified atom stereocenters. The van der Waals surface area contributed by atoms with Crippen LogP contribution in [-0.4, -0.2) is 58.7 Å². The van der Waals surface area contributed by atoms with Gasteiger partial charge in [0.05, 0.1) is 13.3 Å². The number of carbonyl (C=O) groups is 2. The van der Waals surface area contributed by atoms with E-state index in [1.807, 2.05) is 0 Å². The van der Waals surface area contributed by atoms with Crippen LogP contribution in [-0.2, 0) is 9.53 Å². The summed E-state index contributed by atoms with van der Waals surface area (Å²) in [4.78, 5) is 35.0. The lowest BCUT2D eigenvalue weighted by Crippen LogP contribution is -2.50. The molecule has 9 nitrogen and oxygen atoms in total. The smallest absolute Gasteiger partial charge is 0.410 e. The van der Waals surface area contributed by atoms with Crippen LogP contribution in [0.4, 0.5) is 20.8 Å². The van der Waals surface area contributed by atoms with Crippen LogP contribution < -0.4 is 15.4 Å². The number of hydrogen-bond donors (Lipinski definition) is 2. The molecule has 3 atom stereocenters. The first-order valence-corrected chi connectivity index (χ1v) is 12.7. The van der Waals surface area contributed by atoms with Gasteiger partial charge in [-0.05, 0) is 65.2 Å². The van der Waals surface area contributed by atoms with Gasteiger partial charge in [-0.25, -0.2) is 14.2 Å². The molecular formula is C28H36FN5O4. The lowest BCUT2D eigenvalue weighted by Gasteiger charge is -2.31. The molecule has 2 N–H and O–H groups in total. The van der Waals surface area contributed by atoms with Crippen LogP contribution in [0.15, 0.2) is 30.5 Å². The number of ether oxygens (including phenoxy) is 2. The number of anilines is 2. The Balaban J connectivity index is 1.60. The van der Waals surface area contributed by atoms with Crippen molar-refractivity contribution in [1.82, 2.24) is 20.2 Å². The molecule has 2 aromatic rings. The van der Waals surface area contributed by atoms with Gasteiger partial charge in [0.15, 0.2) is 0 Å². The average Bonchev–Trinajstić information content (AvgIpc) is 2.86. The summed E-state index contributed by atoms with van der Waals surface area (Å²) in [7, 11) is 3.06. The summed E-state index contributed by atoms with van der Waals surface area (Å²) in [5.41, 5.74) is 0.423. The van der Waals surface area contributed by atoms with E-state index in [1.165, 1.54) is 24.1 Å². The molecule has 0 radical (unpaired) electrons. The van der Waals surface area contributed by atoms with Crippen LogP contribution in [0, 0.1) is 23.6 Å². The van der Waals surface area contributed by atoms with E-state index in [9.17, 15) is 14.0 Å². The number of rotatable bonds is 6. The summed E-state index contributed by atoms with van der Waals surface area (Å²) >= 11 is 0. The Morgan fingerprint density at radius 3 is 2.71 bits per heavy atom. The Morgan fingerprint density at radius 2 is 2.03 bits per heavy atom. The third kappa shape index (κ3) is 8.33. The molecule has 1 saturated carbocycles. The van der Waals surface area contributed by atoms with E-state index >= 15 is 0 Å². The predicted molar refractivity (Wildman–Crippen MR) is 142 cm³/mol. The Kier molecular flexibility index (Phi) is 9.50. The van der Waals surface area contributed by atoms with Crippen molar-refractivity contribution in [3.8, 4) is 17.7 Å². The standard InChI is InChI=1S/C28H36FN5O4/c1-18(34(5)27(36)38-28(2,3)4)24(35)31-22-11-7-9-19(15-22)13-14-20-17-30-26(33-25(20)37-6)32-23-12-8-10-21(29)16-23/h8,10,12,16-19,22H,7,9,11,15H2,1-6H3,(H,31,35)(H,30,32,33)/t18-,19?,22-/m0/s1. The first-order chi connectivity index (χ1) is 17.9. The fourth-order valence-corrected chi connectivity index (χ4v) is 3.98. The largest absolute Gasteiger partial charge is 0.480 e. The van der Waals surface area contributed by atoms with Crippen LogP contribution in [0.1, 0.15) is 58.9 Å². The highest BCUT2D eigenvalue weighted by Gasteiger charge is 2.29. The summed E-state index contributed by atoms with van der Waals surface area (Å²) in [6.07, 6.45) is 4.40. The van der Waals surface area contributed by atoms with Gasteiger partial charge < -0.3 is 20.1 Å². The molecule has 38 heavy (non-hydrogen) atoms. The van der Waals surface area contributed by atoms with Crippen LogP contribution >= 0.6 is 0 Å². The number of nitrogens with zero attached hydrogens (tertiary/aromatic N) is 3. The second kappa shape index (κ2) is 12.6. The van der Waals surface area contributed by atoms with E-state index in [4.69, 9.17) is 9.47 Å². The van der Waals surface area contributed by atoms with Gasteiger partial charge in [0.1, 0.15) is 23.0 Å². The molecule has 1 aromatic carbocycles. The first kappa shape index (κ1) is 28.7. The molecule has 1 fully saturated rings. The number of benzene rings is 1. The molecule has 204 valence electrons. The van der Waals surface area contributed by atoms with E-state index in [-0.39, 0.29) is 29.6 Å². The Morgan fingerprint density at radius 1 is 1.26 bits per heavy atom. The van der Waals surface area contributed by atoms with E-state index in [2.05, 4.69) is 32.4 Å². The number of nitrogens with one attached hydrogen (secondary N) is 2. The molecule has 3 rings (SSSR count). The Hall–Kier alpha value is -3.87. The van der Waals surface area contributed by atoms with Crippen molar-refractivity contribution in [2.75, 3.05) is 19.5 Å². The third-order valence-electron chi connectivity index (χ3n) is 6.10. The number of aromatic nitrogens is 2. The van der Waals surface area contributed by atoms with Crippen molar-refractivity contribution in [1.29, 1.82) is 0 Å². The van der Waals surface area contributed by atoms with E-state index < -0.39 is 17.7 Å². The van der Waals surface area contributed by atoms with Gasteiger partial charge >= 0.3 is 6.09 Å². The summed E-state index contributed by atoms with van der Waals surface area (Å²) in [5.74, 6) is 6.45. The lowest BCUT2D eigenvalue weighted by molar-refractivity contribution is -0.126. The van der Waals surface area contributed by atoms with Crippen LogP contribution in [0.3, 0.4) is 0 Å². The van der Waals surface area contributed by atoms with Gasteiger partial charge in [-0.15, -0.1) is 0 Å². The number of carbonyl (C=O) groups excluding carboxylic acids is 2. The van der Waals surface area contributed by atoms with E-state index in [0.29, 0.717) is 23.6 Å². The normalized spacial score (nSPS) is 17.9. The zero-order chi connectivity index (χ0) is 27.9. The van der Waals surface area contributed by atoms with Crippen molar-refractivity contribution in [3.63, 3.8) is 0 Å². The second-order valence-electron chi connectivity index (χ2n) is 10.4. The van der Waals surface area contributed by atoms with Crippen molar-refractivity contribution >= 4 is 23.6 Å². The van der Waals surface area contributed by atoms with Crippen LogP contribution in [0.2, 0.25) is 0 Å². The minimum atomic E-state index is -0.669. The van der Waals surface area contributed by atoms with E-state index in [1.54, 1.807) is 53.1 Å². The maximum atomic E-state index is 13.4. The third-order valence-corrected chi connectivity index (χ3v) is 6.10. The summed E-state index contributed by atoms with van der Waals surface area (Å²) in [5, 5.41) is 6.01. The number of amides is 2. The molecule has 1 heterocycles. The van der Waals surface area contributed by atoms with Crippen LogP contribution in [0.25, 0.3) is 0 Å². The SMILES string of the molecule is COc1nc(Nc2cccc(F)c2)ncc1C#CC1CCC[C@H](NC(=O)[C@H](C)N(C)C(=O)OC(C)(C)C)C1. The molecule has 1 aliphatic carbocycles. The minimum Gasteiger partial charge on any atom is -0.480 e. The Labute approximate surface area is 223 Å². The molecule has 1 aromatic heterocycles. The zero-order valence-electron chi connectivity index (χ0n) is 22.8. The van der Waals surface area contributed by atoms with Gasteiger partial charge in [0, 0.05) is 24.7 Å². The molecule has 0 saturated heterocycles. The quantitative estimate of drug-likeness (QED) is 0.529. The van der Waals surface area contributed by atoms with Crippen LogP contribution in [0.5, 0.6) is 5.88 Å². The highest BCUT2D eigenvalue weighted by Crippen LogP contribution is 2.25. The van der Waals surface area contributed by atoms with Gasteiger partial charge in [-0.1, -0.05) is 24.3 Å². The van der Waals surface area contributed by atoms with Crippen molar-refractivity contribution in [2.24, 2.45) is 5.92 Å². The lowest BCUT2D eigenvalue weighted by atomic mass is 9.86. The van der Waals surface area contributed by atoms with Crippen molar-refractivity contribution in [3.05, 3.63) is 41.8 Å². The van der Waals surface area contributed by atoms with Crippen molar-refractivity contribution < 1.29 is 23.5 Å². The van der Waals surface area contributed by atoms with Gasteiger partial charge in [-0.2, -0.15) is 4.98 Å². The monoisotopic (exact) mass is 525 g/mol. The minimum absolute atomic E-state index is 0.0407. The molecule has 10 heteroatoms. The van der Waals surface area contributed by atoms with Gasteiger partial charge in [0.25, 0.3) is 0 Å². The van der Waals surface area contributed by atoms with Gasteiger partial charge in [0.2, 0.25) is 17.7 Å². The fourth-order valence-electron chi connectivity index (χ4n) is 3.98. The molecule has 2 amide bonds. The molecular weight excluding hydrogens is 489 g/mol. The summed E-state index contributed by atoms with van der Waals surface area (Å²) in [6.45, 7) is 7.03. The molecule has 0 spiro atoms. The summed E-state index contributed by atoms with van der Waals surface area (Å²) in [6, 6.07) is 5.29. The maximum Gasteiger partial charge on any atom is 0.410 e. The molecule has 0 bridgehead atoms. The number of hydrogen-bond acceptors (Lipinski definition) is 7. The van der Waals surface area contributed by atoms with E-state index in [0.717, 1.165) is 19.3 Å². The molecule has 1 aliphatic rings. The summed E-state index contributed by atoms with van der Waals surface area (Å²) < 4.78 is 24.2. The Bertz CT molecular complexity index is 1200. The highest BCUT2D eigenvalue weighted by atomic mass is 19.1. The second-order valence-corrected chi connectivity index (χ2v) is 10.4. The van der Waals surface area contributed by atoms with Crippen molar-refractivity contribution in [2.45, 2.75) is 71.1 Å². The number of methoxy groups -OCH3 is 1. The number of likely N-dealkylation sites (N-methyl/N-ethyl adjacent to an activating group) is 1. The predicted octanol–water partition coefficient (Wildman–Crippen LogP) is 4.65. The molecule has 0 aliphatic heterocycles. The zero-order valence-corrected chi connectivity index (χ0v) is 22.8. The van der Waals surface area contributed by atoms with Gasteiger partial charge in [-0.3, -0.25) is 9.69 Å². The first-order valence-electron chi connectivity index (χ1n) is 12.7. The highest BCUT2D eigenvalue weighted by molar-refractivity contribution is 5.85. The topological polar surface area (TPSA) is 106 Å². The fraction of sp³-hybridized carbons (Fsp3) is 0.500. The number of halogens is 1.